The van der Waals surface area contributed by atoms with E-state index in [1.165, 1.54) is 34.6 Å². The third-order valence-corrected chi connectivity index (χ3v) is 7.35. The minimum atomic E-state index is -3.80. The van der Waals surface area contributed by atoms with Crippen molar-refractivity contribution in [1.82, 2.24) is 9.29 Å². The zero-order valence-electron chi connectivity index (χ0n) is 17.0. The van der Waals surface area contributed by atoms with Gasteiger partial charge in [-0.1, -0.05) is 18.6 Å². The van der Waals surface area contributed by atoms with Gasteiger partial charge >= 0.3 is 0 Å². The highest BCUT2D eigenvalue weighted by molar-refractivity contribution is 7.89. The number of nitrogens with zero attached hydrogens (tertiary/aromatic N) is 2. The first-order chi connectivity index (χ1) is 15.4. The van der Waals surface area contributed by atoms with Gasteiger partial charge < -0.3 is 5.32 Å². The number of anilines is 1. The monoisotopic (exact) mass is 457 g/mol. The van der Waals surface area contributed by atoms with E-state index in [1.807, 2.05) is 6.07 Å². The molecule has 3 aromatic rings. The molecule has 1 aromatic heterocycles. The van der Waals surface area contributed by atoms with Crippen LogP contribution in [0.3, 0.4) is 0 Å². The van der Waals surface area contributed by atoms with Crippen molar-refractivity contribution in [3.63, 3.8) is 0 Å². The maximum atomic E-state index is 13.8. The maximum Gasteiger partial charge on any atom is 0.261 e. The van der Waals surface area contributed by atoms with Crippen LogP contribution in [0.25, 0.3) is 0 Å². The average molecular weight is 458 g/mol. The van der Waals surface area contributed by atoms with Crippen molar-refractivity contribution in [1.29, 1.82) is 0 Å². The number of hydrogen-bond donors (Lipinski definition) is 1. The number of carbonyl (C=O) groups is 1. The molecule has 0 aliphatic carbocycles. The molecule has 0 bridgehead atoms. The van der Waals surface area contributed by atoms with Crippen LogP contribution in [0.5, 0.6) is 0 Å². The van der Waals surface area contributed by atoms with E-state index in [-0.39, 0.29) is 16.6 Å². The van der Waals surface area contributed by atoms with Crippen LogP contribution < -0.4 is 5.32 Å². The lowest BCUT2D eigenvalue weighted by molar-refractivity contribution is 0.101. The largest absolute Gasteiger partial charge is 0.322 e. The van der Waals surface area contributed by atoms with E-state index in [0.717, 1.165) is 30.5 Å². The van der Waals surface area contributed by atoms with E-state index >= 15 is 0 Å². The number of piperidine rings is 1. The van der Waals surface area contributed by atoms with Crippen LogP contribution in [0.15, 0.2) is 71.9 Å². The summed E-state index contributed by atoms with van der Waals surface area (Å²) < 4.78 is 55.8. The number of halogens is 2. The number of hydrogen-bond acceptors (Lipinski definition) is 4. The highest BCUT2D eigenvalue weighted by Gasteiger charge is 2.34. The predicted octanol–water partition coefficient (Wildman–Crippen LogP) is 4.53. The Hall–Kier alpha value is -3.17. The minimum Gasteiger partial charge on any atom is -0.322 e. The molecule has 4 rings (SSSR count). The fourth-order valence-corrected chi connectivity index (χ4v) is 5.54. The minimum absolute atomic E-state index is 0.0726. The van der Waals surface area contributed by atoms with Crippen molar-refractivity contribution in [2.24, 2.45) is 0 Å². The Bertz CT molecular complexity index is 1200. The highest BCUT2D eigenvalue weighted by atomic mass is 32.2. The zero-order valence-corrected chi connectivity index (χ0v) is 17.9. The summed E-state index contributed by atoms with van der Waals surface area (Å²) in [5.74, 6) is -2.91. The molecule has 0 unspecified atom stereocenters. The Morgan fingerprint density at radius 3 is 2.38 bits per heavy atom. The molecule has 0 saturated carbocycles. The van der Waals surface area contributed by atoms with Gasteiger partial charge in [0.1, 0.15) is 17.2 Å². The van der Waals surface area contributed by atoms with Crippen LogP contribution in [0.1, 0.15) is 41.2 Å². The molecular weight excluding hydrogens is 436 g/mol. The van der Waals surface area contributed by atoms with Gasteiger partial charge in [-0.05, 0) is 60.9 Å². The Balaban J connectivity index is 1.55. The van der Waals surface area contributed by atoms with Crippen molar-refractivity contribution >= 4 is 21.6 Å². The molecule has 2 heterocycles. The summed E-state index contributed by atoms with van der Waals surface area (Å²) in [7, 11) is -3.80. The van der Waals surface area contributed by atoms with Gasteiger partial charge in [0.15, 0.2) is 0 Å². The molecule has 1 saturated heterocycles. The van der Waals surface area contributed by atoms with E-state index in [1.54, 1.807) is 18.5 Å². The van der Waals surface area contributed by atoms with Gasteiger partial charge in [0, 0.05) is 24.6 Å². The van der Waals surface area contributed by atoms with Crippen LogP contribution in [-0.2, 0) is 10.0 Å². The molecule has 1 fully saturated rings. The molecule has 0 spiro atoms. The molecule has 1 aliphatic rings. The molecule has 9 heteroatoms. The van der Waals surface area contributed by atoms with Crippen molar-refractivity contribution < 1.29 is 22.0 Å². The smallest absolute Gasteiger partial charge is 0.261 e. The lowest BCUT2D eigenvalue weighted by Gasteiger charge is -2.34. The molecule has 6 nitrogen and oxygen atoms in total. The molecule has 1 aliphatic heterocycles. The second-order valence-electron chi connectivity index (χ2n) is 7.49. The van der Waals surface area contributed by atoms with Crippen molar-refractivity contribution in [2.75, 3.05) is 11.9 Å². The highest BCUT2D eigenvalue weighted by Crippen LogP contribution is 2.35. The molecule has 0 radical (unpaired) electrons. The lowest BCUT2D eigenvalue weighted by Crippen LogP contribution is -2.38. The number of amides is 1. The van der Waals surface area contributed by atoms with E-state index in [9.17, 15) is 22.0 Å². The zero-order chi connectivity index (χ0) is 22.7. The third kappa shape index (κ3) is 4.39. The van der Waals surface area contributed by atoms with Crippen molar-refractivity contribution in [3.05, 3.63) is 89.8 Å². The quantitative estimate of drug-likeness (QED) is 0.611. The van der Waals surface area contributed by atoms with Crippen LogP contribution in [-0.4, -0.2) is 30.2 Å². The van der Waals surface area contributed by atoms with Gasteiger partial charge in [-0.25, -0.2) is 17.2 Å². The molecule has 32 heavy (non-hydrogen) atoms. The van der Waals surface area contributed by atoms with Crippen molar-refractivity contribution in [2.45, 2.75) is 30.2 Å². The molecule has 1 atom stereocenters. The number of aromatic nitrogens is 1. The SMILES string of the molecule is O=C(Nc1ccc(S(=O)(=O)N2CCCC[C@H]2c2cccnc2)cc1)c1c(F)cccc1F. The Morgan fingerprint density at radius 1 is 1.00 bits per heavy atom. The topological polar surface area (TPSA) is 79.4 Å². The van der Waals surface area contributed by atoms with Gasteiger partial charge in [0.2, 0.25) is 10.0 Å². The molecule has 166 valence electrons. The van der Waals surface area contributed by atoms with Crippen LogP contribution in [0, 0.1) is 11.6 Å². The molecule has 2 aromatic carbocycles. The number of benzene rings is 2. The van der Waals surface area contributed by atoms with Gasteiger partial charge in [-0.2, -0.15) is 4.31 Å². The van der Waals surface area contributed by atoms with E-state index < -0.39 is 33.1 Å². The molecule has 1 amide bonds. The lowest BCUT2D eigenvalue weighted by atomic mass is 9.99. The predicted molar refractivity (Wildman–Crippen MR) is 115 cm³/mol. The summed E-state index contributed by atoms with van der Waals surface area (Å²) >= 11 is 0. The Kier molecular flexibility index (Phi) is 6.29. The summed E-state index contributed by atoms with van der Waals surface area (Å²) in [4.78, 5) is 16.4. The Labute approximate surface area is 185 Å². The second-order valence-corrected chi connectivity index (χ2v) is 9.38. The summed E-state index contributed by atoms with van der Waals surface area (Å²) in [5.41, 5.74) is 0.363. The van der Waals surface area contributed by atoms with Gasteiger partial charge in [0.25, 0.3) is 5.91 Å². The van der Waals surface area contributed by atoms with Gasteiger partial charge in [0.05, 0.1) is 10.9 Å². The molecular formula is C23H21F2N3O3S. The van der Waals surface area contributed by atoms with Gasteiger partial charge in [-0.3, -0.25) is 9.78 Å². The standard InChI is InChI=1S/C23H21F2N3O3S/c24-19-6-3-7-20(25)22(19)23(29)27-17-9-11-18(12-10-17)32(30,31)28-14-2-1-8-21(28)16-5-4-13-26-15-16/h3-7,9-13,15,21H,1-2,8,14H2,(H,27,29)/t21-/m0/s1. The van der Waals surface area contributed by atoms with E-state index in [2.05, 4.69) is 10.3 Å². The summed E-state index contributed by atoms with van der Waals surface area (Å²) in [5, 5.41) is 2.40. The van der Waals surface area contributed by atoms with Crippen molar-refractivity contribution in [3.8, 4) is 0 Å². The molecule has 1 N–H and O–H groups in total. The second kappa shape index (κ2) is 9.13. The van der Waals surface area contributed by atoms with Gasteiger partial charge in [-0.15, -0.1) is 0 Å². The van der Waals surface area contributed by atoms with Crippen LogP contribution >= 0.6 is 0 Å². The summed E-state index contributed by atoms with van der Waals surface area (Å²) in [6, 6.07) is 12.0. The first-order valence-corrected chi connectivity index (χ1v) is 11.6. The summed E-state index contributed by atoms with van der Waals surface area (Å²) in [6.45, 7) is 0.396. The number of nitrogens with one attached hydrogen (secondary N) is 1. The Morgan fingerprint density at radius 2 is 1.72 bits per heavy atom. The van der Waals surface area contributed by atoms with E-state index in [0.29, 0.717) is 13.0 Å². The fourth-order valence-electron chi connectivity index (χ4n) is 3.85. The summed E-state index contributed by atoms with van der Waals surface area (Å²) in [6.07, 6.45) is 5.71. The van der Waals surface area contributed by atoms with E-state index in [4.69, 9.17) is 0 Å². The first kappa shape index (κ1) is 22.0. The number of pyridine rings is 1. The fraction of sp³-hybridized carbons (Fsp3) is 0.217. The maximum absolute atomic E-state index is 13.8. The number of rotatable bonds is 5. The number of sulfonamides is 1. The van der Waals surface area contributed by atoms with Crippen LogP contribution in [0.2, 0.25) is 0 Å². The number of carbonyl (C=O) groups excluding carboxylic acids is 1. The first-order valence-electron chi connectivity index (χ1n) is 10.1. The third-order valence-electron chi connectivity index (χ3n) is 5.43. The average Bonchev–Trinajstić information content (AvgIpc) is 2.80. The normalized spacial score (nSPS) is 17.1. The van der Waals surface area contributed by atoms with Crippen LogP contribution in [0.4, 0.5) is 14.5 Å².